The summed E-state index contributed by atoms with van der Waals surface area (Å²) in [5.74, 6) is -0.124. The zero-order chi connectivity index (χ0) is 15.8. The molecule has 118 valence electrons. The lowest BCUT2D eigenvalue weighted by molar-refractivity contribution is -0.156. The third kappa shape index (κ3) is 6.21. The Balaban J connectivity index is 4.47. The van der Waals surface area contributed by atoms with Gasteiger partial charge >= 0.3 is 5.97 Å². The topological polar surface area (TPSA) is 52.3 Å². The van der Waals surface area contributed by atoms with E-state index >= 15 is 0 Å². The van der Waals surface area contributed by atoms with Gasteiger partial charge in [-0.1, -0.05) is 59.2 Å². The van der Waals surface area contributed by atoms with E-state index in [1.165, 1.54) is 12.8 Å². The average Bonchev–Trinajstić information content (AvgIpc) is 2.37. The second kappa shape index (κ2) is 8.60. The third-order valence-electron chi connectivity index (χ3n) is 4.00. The first-order chi connectivity index (χ1) is 9.19. The Bertz CT molecular complexity index is 328. The molecule has 0 aromatic carbocycles. The molecule has 0 heterocycles. The van der Waals surface area contributed by atoms with Crippen LogP contribution in [0.3, 0.4) is 0 Å². The van der Waals surface area contributed by atoms with Gasteiger partial charge in [-0.05, 0) is 26.2 Å². The van der Waals surface area contributed by atoms with Crippen molar-refractivity contribution in [2.75, 3.05) is 6.61 Å². The molecule has 0 aliphatic heterocycles. The fourth-order valence-electron chi connectivity index (χ4n) is 2.27. The average molecular weight is 301 g/mol. The van der Waals surface area contributed by atoms with Gasteiger partial charge in [0.1, 0.15) is 0 Å². The number of thiocarbonyl (C=S) groups is 1. The van der Waals surface area contributed by atoms with E-state index < -0.39 is 5.41 Å². The predicted octanol–water partition coefficient (Wildman–Crippen LogP) is 4.23. The Hall–Kier alpha value is -0.640. The van der Waals surface area contributed by atoms with Crippen molar-refractivity contribution in [3.63, 3.8) is 0 Å². The van der Waals surface area contributed by atoms with E-state index in [1.54, 1.807) is 0 Å². The Kier molecular flexibility index (Phi) is 8.33. The quantitative estimate of drug-likeness (QED) is 0.373. The number of hydrogen-bond acceptors (Lipinski definition) is 3. The number of ether oxygens (including phenoxy) is 1. The number of carbonyl (C=O) groups excluding carboxylic acids is 1. The van der Waals surface area contributed by atoms with Crippen molar-refractivity contribution in [1.82, 2.24) is 0 Å². The molecule has 0 rings (SSSR count). The van der Waals surface area contributed by atoms with E-state index in [-0.39, 0.29) is 11.4 Å². The van der Waals surface area contributed by atoms with Crippen LogP contribution in [0.1, 0.15) is 73.1 Å². The van der Waals surface area contributed by atoms with Crippen LogP contribution in [-0.4, -0.2) is 17.6 Å². The van der Waals surface area contributed by atoms with Crippen molar-refractivity contribution in [2.24, 2.45) is 16.6 Å². The van der Waals surface area contributed by atoms with Crippen molar-refractivity contribution in [1.29, 1.82) is 0 Å². The van der Waals surface area contributed by atoms with Gasteiger partial charge in [0.25, 0.3) is 0 Å². The smallest absolute Gasteiger partial charge is 0.311 e. The van der Waals surface area contributed by atoms with Crippen molar-refractivity contribution in [2.45, 2.75) is 73.1 Å². The Morgan fingerprint density at radius 1 is 1.15 bits per heavy atom. The van der Waals surface area contributed by atoms with Gasteiger partial charge in [-0.3, -0.25) is 4.79 Å². The monoisotopic (exact) mass is 301 g/mol. The van der Waals surface area contributed by atoms with Crippen LogP contribution in [0.5, 0.6) is 0 Å². The van der Waals surface area contributed by atoms with Crippen LogP contribution in [0.2, 0.25) is 0 Å². The highest BCUT2D eigenvalue weighted by molar-refractivity contribution is 7.80. The molecule has 0 spiro atoms. The number of hydrogen-bond donors (Lipinski definition) is 1. The van der Waals surface area contributed by atoms with Gasteiger partial charge in [0, 0.05) is 5.41 Å². The van der Waals surface area contributed by atoms with E-state index in [1.807, 2.05) is 27.7 Å². The van der Waals surface area contributed by atoms with Crippen molar-refractivity contribution >= 4 is 23.2 Å². The van der Waals surface area contributed by atoms with Gasteiger partial charge in [-0.25, -0.2) is 0 Å². The van der Waals surface area contributed by atoms with Crippen LogP contribution in [0.15, 0.2) is 0 Å². The fraction of sp³-hybridized carbons (Fsp3) is 0.875. The maximum atomic E-state index is 12.3. The Morgan fingerprint density at radius 3 is 2.20 bits per heavy atom. The molecule has 0 fully saturated rings. The lowest BCUT2D eigenvalue weighted by Crippen LogP contribution is -2.39. The highest BCUT2D eigenvalue weighted by Gasteiger charge is 2.39. The summed E-state index contributed by atoms with van der Waals surface area (Å²) < 4.78 is 5.45. The molecule has 0 aliphatic carbocycles. The molecule has 0 aromatic rings. The molecule has 0 bridgehead atoms. The number of rotatable bonds is 10. The summed E-state index contributed by atoms with van der Waals surface area (Å²) >= 11 is 5.10. The maximum absolute atomic E-state index is 12.3. The lowest BCUT2D eigenvalue weighted by atomic mass is 9.72. The highest BCUT2D eigenvalue weighted by atomic mass is 32.1. The van der Waals surface area contributed by atoms with Crippen molar-refractivity contribution in [3.05, 3.63) is 0 Å². The Morgan fingerprint density at radius 2 is 1.75 bits per heavy atom. The number of nitrogens with two attached hydrogens (primary N) is 1. The van der Waals surface area contributed by atoms with E-state index in [4.69, 9.17) is 22.7 Å². The third-order valence-corrected chi connectivity index (χ3v) is 4.56. The maximum Gasteiger partial charge on any atom is 0.311 e. The first kappa shape index (κ1) is 19.4. The second-order valence-electron chi connectivity index (χ2n) is 6.54. The minimum Gasteiger partial charge on any atom is -0.465 e. The molecule has 1 unspecified atom stereocenters. The van der Waals surface area contributed by atoms with Crippen molar-refractivity contribution in [3.8, 4) is 0 Å². The van der Waals surface area contributed by atoms with E-state index in [2.05, 4.69) is 6.92 Å². The minimum absolute atomic E-state index is 0.124. The van der Waals surface area contributed by atoms with Crippen molar-refractivity contribution < 1.29 is 9.53 Å². The Labute approximate surface area is 129 Å². The van der Waals surface area contributed by atoms with Gasteiger partial charge in [-0.2, -0.15) is 0 Å². The van der Waals surface area contributed by atoms with Crippen LogP contribution >= 0.6 is 12.2 Å². The highest BCUT2D eigenvalue weighted by Crippen LogP contribution is 2.37. The summed E-state index contributed by atoms with van der Waals surface area (Å²) in [5.41, 5.74) is 4.92. The number of unbranched alkanes of at least 4 members (excludes halogenated alkanes) is 3. The number of esters is 1. The molecule has 0 saturated carbocycles. The summed E-state index contributed by atoms with van der Waals surface area (Å²) in [5, 5.41) is 0. The molecule has 4 heteroatoms. The van der Waals surface area contributed by atoms with Crippen LogP contribution in [0, 0.1) is 10.8 Å². The molecular weight excluding hydrogens is 270 g/mol. The molecular formula is C16H31NO2S. The number of carbonyl (C=O) groups is 1. The first-order valence-electron chi connectivity index (χ1n) is 7.66. The summed E-state index contributed by atoms with van der Waals surface area (Å²) in [6.07, 6.45) is 5.79. The molecule has 0 radical (unpaired) electrons. The van der Waals surface area contributed by atoms with Gasteiger partial charge in [0.05, 0.1) is 17.0 Å². The zero-order valence-electron chi connectivity index (χ0n) is 13.8. The summed E-state index contributed by atoms with van der Waals surface area (Å²) in [7, 11) is 0. The largest absolute Gasteiger partial charge is 0.465 e. The summed E-state index contributed by atoms with van der Waals surface area (Å²) in [4.78, 5) is 12.8. The minimum atomic E-state index is -0.516. The second-order valence-corrected chi connectivity index (χ2v) is 6.98. The lowest BCUT2D eigenvalue weighted by Gasteiger charge is -2.34. The summed E-state index contributed by atoms with van der Waals surface area (Å²) in [6, 6.07) is 0. The van der Waals surface area contributed by atoms with Gasteiger partial charge in [0.2, 0.25) is 0 Å². The van der Waals surface area contributed by atoms with E-state index in [0.29, 0.717) is 18.0 Å². The fourth-order valence-corrected chi connectivity index (χ4v) is 2.34. The van der Waals surface area contributed by atoms with E-state index in [9.17, 15) is 4.79 Å². The van der Waals surface area contributed by atoms with Gasteiger partial charge in [-0.15, -0.1) is 0 Å². The van der Waals surface area contributed by atoms with Crippen LogP contribution in [-0.2, 0) is 9.53 Å². The molecule has 0 aliphatic rings. The van der Waals surface area contributed by atoms with Gasteiger partial charge < -0.3 is 10.5 Å². The van der Waals surface area contributed by atoms with E-state index in [0.717, 1.165) is 19.3 Å². The molecule has 0 saturated heterocycles. The molecule has 20 heavy (non-hydrogen) atoms. The molecule has 0 aromatic heterocycles. The molecule has 1 atom stereocenters. The molecule has 2 N–H and O–H groups in total. The SMILES string of the molecule is CCCCCCOC(=O)C(C)(CC)CC(C)(C)C(N)=S. The predicted molar refractivity (Wildman–Crippen MR) is 88.7 cm³/mol. The zero-order valence-corrected chi connectivity index (χ0v) is 14.6. The standard InChI is InChI=1S/C16H31NO2S/c1-6-8-9-10-11-19-14(18)16(5,7-2)12-15(3,4)13(17)20/h6-12H2,1-5H3,(H2,17,20). The van der Waals surface area contributed by atoms with Crippen LogP contribution < -0.4 is 5.73 Å². The summed E-state index contributed by atoms with van der Waals surface area (Å²) in [6.45, 7) is 10.6. The van der Waals surface area contributed by atoms with Gasteiger partial charge in [0.15, 0.2) is 0 Å². The molecule has 3 nitrogen and oxygen atoms in total. The molecule has 0 amide bonds. The van der Waals surface area contributed by atoms with Crippen LogP contribution in [0.4, 0.5) is 0 Å². The van der Waals surface area contributed by atoms with Crippen LogP contribution in [0.25, 0.3) is 0 Å². The normalized spacial score (nSPS) is 14.7. The first-order valence-corrected chi connectivity index (χ1v) is 8.07.